The maximum absolute atomic E-state index is 11.1. The maximum Gasteiger partial charge on any atom is 0.272 e. The Morgan fingerprint density at radius 1 is 1.50 bits per heavy atom. The highest BCUT2D eigenvalue weighted by Gasteiger charge is 2.36. The van der Waals surface area contributed by atoms with Crippen LogP contribution in [0.5, 0.6) is 0 Å². The standard InChI is InChI=1S/C15H17ClN2O2/c1-11-4-6-15(10-17,7-5-11)9-12-8-13(16)2-3-14(12)18(19)20/h2-3,8,11H,4-7,9H2,1H3. The van der Waals surface area contributed by atoms with E-state index in [1.807, 2.05) is 0 Å². The third-order valence-corrected chi connectivity index (χ3v) is 4.47. The molecule has 0 aliphatic heterocycles. The lowest BCUT2D eigenvalue weighted by Gasteiger charge is -2.33. The molecule has 1 aromatic rings. The first-order chi connectivity index (χ1) is 9.46. The summed E-state index contributed by atoms with van der Waals surface area (Å²) in [6.45, 7) is 2.18. The second kappa shape index (κ2) is 5.80. The largest absolute Gasteiger partial charge is 0.272 e. The number of nitro benzene ring substituents is 1. The average Bonchev–Trinajstić information content (AvgIpc) is 2.41. The predicted octanol–water partition coefficient (Wildman–Crippen LogP) is 4.51. The minimum Gasteiger partial charge on any atom is -0.258 e. The van der Waals surface area contributed by atoms with Crippen LogP contribution in [0.3, 0.4) is 0 Å². The molecule has 1 aromatic carbocycles. The van der Waals surface area contributed by atoms with E-state index in [1.54, 1.807) is 6.07 Å². The third kappa shape index (κ3) is 3.10. The van der Waals surface area contributed by atoms with Gasteiger partial charge in [0.2, 0.25) is 0 Å². The van der Waals surface area contributed by atoms with Crippen molar-refractivity contribution in [1.29, 1.82) is 5.26 Å². The van der Waals surface area contributed by atoms with Gasteiger partial charge in [-0.1, -0.05) is 18.5 Å². The lowest BCUT2D eigenvalue weighted by molar-refractivity contribution is -0.385. The van der Waals surface area contributed by atoms with Gasteiger partial charge in [-0.15, -0.1) is 0 Å². The molecule has 0 atom stereocenters. The Hall–Kier alpha value is -1.60. The van der Waals surface area contributed by atoms with Crippen molar-refractivity contribution in [2.24, 2.45) is 11.3 Å². The van der Waals surface area contributed by atoms with Crippen molar-refractivity contribution in [3.8, 4) is 6.07 Å². The molecule has 20 heavy (non-hydrogen) atoms. The molecule has 0 aromatic heterocycles. The summed E-state index contributed by atoms with van der Waals surface area (Å²) in [7, 11) is 0. The maximum atomic E-state index is 11.1. The van der Waals surface area contributed by atoms with E-state index in [0.717, 1.165) is 25.7 Å². The third-order valence-electron chi connectivity index (χ3n) is 4.24. The summed E-state index contributed by atoms with van der Waals surface area (Å²) in [5, 5.41) is 21.1. The highest BCUT2D eigenvalue weighted by Crippen LogP contribution is 2.42. The van der Waals surface area contributed by atoms with E-state index < -0.39 is 10.3 Å². The molecule has 0 N–H and O–H groups in total. The lowest BCUT2D eigenvalue weighted by Crippen LogP contribution is -2.27. The molecule has 0 unspecified atom stereocenters. The van der Waals surface area contributed by atoms with Crippen LogP contribution >= 0.6 is 11.6 Å². The zero-order valence-corrected chi connectivity index (χ0v) is 12.2. The van der Waals surface area contributed by atoms with Crippen molar-refractivity contribution in [2.45, 2.75) is 39.0 Å². The summed E-state index contributed by atoms with van der Waals surface area (Å²) in [6.07, 6.45) is 4.01. The smallest absolute Gasteiger partial charge is 0.258 e. The van der Waals surface area contributed by atoms with Crippen LogP contribution in [0.2, 0.25) is 5.02 Å². The predicted molar refractivity (Wildman–Crippen MR) is 77.5 cm³/mol. The van der Waals surface area contributed by atoms with Gasteiger partial charge in [-0.3, -0.25) is 10.1 Å². The van der Waals surface area contributed by atoms with Gasteiger partial charge >= 0.3 is 0 Å². The Bertz CT molecular complexity index is 557. The summed E-state index contributed by atoms with van der Waals surface area (Å²) in [5.41, 5.74) is 0.142. The highest BCUT2D eigenvalue weighted by molar-refractivity contribution is 6.30. The number of hydrogen-bond acceptors (Lipinski definition) is 3. The van der Waals surface area contributed by atoms with Crippen molar-refractivity contribution in [3.63, 3.8) is 0 Å². The summed E-state index contributed by atoms with van der Waals surface area (Å²) in [6, 6.07) is 6.97. The molecular formula is C15H17ClN2O2. The molecule has 0 amide bonds. The SMILES string of the molecule is CC1CCC(C#N)(Cc2cc(Cl)ccc2[N+](=O)[O-])CC1. The summed E-state index contributed by atoms with van der Waals surface area (Å²) in [5.74, 6) is 0.630. The fourth-order valence-electron chi connectivity index (χ4n) is 2.88. The fraction of sp³-hybridized carbons (Fsp3) is 0.533. The molecule has 1 fully saturated rings. The number of rotatable bonds is 3. The molecular weight excluding hydrogens is 276 g/mol. The Balaban J connectivity index is 2.30. The molecule has 0 spiro atoms. The van der Waals surface area contributed by atoms with Crippen LogP contribution in [0, 0.1) is 32.8 Å². The zero-order chi connectivity index (χ0) is 14.8. The second-order valence-electron chi connectivity index (χ2n) is 5.78. The van der Waals surface area contributed by atoms with Crippen LogP contribution in [-0.2, 0) is 6.42 Å². The average molecular weight is 293 g/mol. The molecule has 2 rings (SSSR count). The first-order valence-corrected chi connectivity index (χ1v) is 7.18. The van der Waals surface area contributed by atoms with Gasteiger partial charge in [0.05, 0.1) is 16.4 Å². The zero-order valence-electron chi connectivity index (χ0n) is 11.4. The van der Waals surface area contributed by atoms with Gasteiger partial charge in [0.1, 0.15) is 0 Å². The van der Waals surface area contributed by atoms with Crippen LogP contribution in [0.1, 0.15) is 38.2 Å². The Labute approximate surface area is 123 Å². The van der Waals surface area contributed by atoms with Crippen molar-refractivity contribution < 1.29 is 4.92 Å². The molecule has 5 heteroatoms. The Morgan fingerprint density at radius 3 is 2.70 bits per heavy atom. The van der Waals surface area contributed by atoms with Crippen molar-refractivity contribution in [2.75, 3.05) is 0 Å². The molecule has 0 saturated heterocycles. The van der Waals surface area contributed by atoms with Gasteiger partial charge in [0.25, 0.3) is 5.69 Å². The molecule has 1 aliphatic carbocycles. The summed E-state index contributed by atoms with van der Waals surface area (Å²) in [4.78, 5) is 10.7. The van der Waals surface area contributed by atoms with Gasteiger partial charge in [0.15, 0.2) is 0 Å². The molecule has 0 radical (unpaired) electrons. The van der Waals surface area contributed by atoms with Crippen LogP contribution in [0.15, 0.2) is 18.2 Å². The van der Waals surface area contributed by atoms with Gasteiger partial charge in [0, 0.05) is 16.7 Å². The van der Waals surface area contributed by atoms with Crippen molar-refractivity contribution >= 4 is 17.3 Å². The molecule has 4 nitrogen and oxygen atoms in total. The van der Waals surface area contributed by atoms with E-state index in [1.165, 1.54) is 12.1 Å². The fourth-order valence-corrected chi connectivity index (χ4v) is 3.08. The van der Waals surface area contributed by atoms with Crippen LogP contribution in [-0.4, -0.2) is 4.92 Å². The highest BCUT2D eigenvalue weighted by atomic mass is 35.5. The first kappa shape index (κ1) is 14.8. The van der Waals surface area contributed by atoms with Crippen molar-refractivity contribution in [1.82, 2.24) is 0 Å². The van der Waals surface area contributed by atoms with Gasteiger partial charge in [-0.05, 0) is 50.2 Å². The topological polar surface area (TPSA) is 66.9 Å². The van der Waals surface area contributed by atoms with Gasteiger partial charge in [-0.25, -0.2) is 0 Å². The van der Waals surface area contributed by atoms with Crippen LogP contribution in [0.4, 0.5) is 5.69 Å². The van der Waals surface area contributed by atoms with E-state index in [-0.39, 0.29) is 5.69 Å². The normalized spacial score (nSPS) is 25.9. The van der Waals surface area contributed by atoms with E-state index in [2.05, 4.69) is 13.0 Å². The molecule has 1 saturated carbocycles. The Kier molecular flexibility index (Phi) is 4.29. The molecule has 0 heterocycles. The van der Waals surface area contributed by atoms with Gasteiger partial charge < -0.3 is 0 Å². The van der Waals surface area contributed by atoms with E-state index in [4.69, 9.17) is 11.6 Å². The first-order valence-electron chi connectivity index (χ1n) is 6.80. The van der Waals surface area contributed by atoms with Gasteiger partial charge in [-0.2, -0.15) is 5.26 Å². The van der Waals surface area contributed by atoms with Crippen molar-refractivity contribution in [3.05, 3.63) is 38.9 Å². The number of benzene rings is 1. The number of hydrogen-bond donors (Lipinski definition) is 0. The summed E-state index contributed by atoms with van der Waals surface area (Å²) < 4.78 is 0. The number of nitriles is 1. The second-order valence-corrected chi connectivity index (χ2v) is 6.22. The molecule has 0 bridgehead atoms. The summed E-state index contributed by atoms with van der Waals surface area (Å²) >= 11 is 5.95. The van der Waals surface area contributed by atoms with E-state index >= 15 is 0 Å². The van der Waals surface area contributed by atoms with E-state index in [0.29, 0.717) is 22.9 Å². The van der Waals surface area contributed by atoms with E-state index in [9.17, 15) is 15.4 Å². The minimum absolute atomic E-state index is 0.0580. The minimum atomic E-state index is -0.484. The molecule has 106 valence electrons. The number of nitrogens with zero attached hydrogens (tertiary/aromatic N) is 2. The van der Waals surface area contributed by atoms with Crippen LogP contribution in [0.25, 0.3) is 0 Å². The monoisotopic (exact) mass is 292 g/mol. The molecule has 1 aliphatic rings. The number of halogens is 1. The number of nitro groups is 1. The Morgan fingerprint density at radius 2 is 2.15 bits per heavy atom. The van der Waals surface area contributed by atoms with Crippen LogP contribution < -0.4 is 0 Å². The quantitative estimate of drug-likeness (QED) is 0.608. The lowest BCUT2D eigenvalue weighted by atomic mass is 9.68.